The molecule has 2 aromatic rings. The third-order valence-corrected chi connectivity index (χ3v) is 4.57. The molecule has 6 nitrogen and oxygen atoms in total. The Hall–Kier alpha value is -2.08. The Kier molecular flexibility index (Phi) is 4.52. The number of rotatable bonds is 4. The maximum atomic E-state index is 12.3. The van der Waals surface area contributed by atoms with E-state index in [2.05, 4.69) is 14.9 Å². The van der Waals surface area contributed by atoms with E-state index in [1.54, 1.807) is 13.1 Å². The second-order valence-electron chi connectivity index (χ2n) is 6.07. The van der Waals surface area contributed by atoms with Gasteiger partial charge in [-0.05, 0) is 38.7 Å². The number of esters is 1. The van der Waals surface area contributed by atoms with Gasteiger partial charge in [-0.1, -0.05) is 0 Å². The largest absolute Gasteiger partial charge is 0.462 e. The molecule has 2 atom stereocenters. The van der Waals surface area contributed by atoms with Gasteiger partial charge in [0.1, 0.15) is 11.2 Å². The Balaban J connectivity index is 2.03. The number of anilines is 1. The summed E-state index contributed by atoms with van der Waals surface area (Å²) >= 11 is 0. The van der Waals surface area contributed by atoms with Gasteiger partial charge in [-0.25, -0.2) is 9.78 Å². The van der Waals surface area contributed by atoms with Crippen molar-refractivity contribution in [3.05, 3.63) is 24.0 Å². The molecule has 6 heteroatoms. The van der Waals surface area contributed by atoms with Crippen molar-refractivity contribution in [2.45, 2.75) is 44.8 Å². The van der Waals surface area contributed by atoms with Gasteiger partial charge in [0.05, 0.1) is 18.4 Å². The van der Waals surface area contributed by atoms with E-state index in [4.69, 9.17) is 4.74 Å². The minimum absolute atomic E-state index is 0.201. The van der Waals surface area contributed by atoms with E-state index in [1.807, 2.05) is 19.3 Å². The van der Waals surface area contributed by atoms with Crippen molar-refractivity contribution in [3.8, 4) is 0 Å². The fourth-order valence-electron chi connectivity index (χ4n) is 3.41. The summed E-state index contributed by atoms with van der Waals surface area (Å²) in [7, 11) is 1.98. The zero-order chi connectivity index (χ0) is 16.4. The summed E-state index contributed by atoms with van der Waals surface area (Å²) in [5.74, 6) is -0.360. The number of hydrogen-bond donors (Lipinski definition) is 2. The third-order valence-electron chi connectivity index (χ3n) is 4.57. The minimum atomic E-state index is -0.360. The highest BCUT2D eigenvalue weighted by Crippen LogP contribution is 2.34. The molecule has 2 aromatic heterocycles. The topological polar surface area (TPSA) is 78.5 Å². The fraction of sp³-hybridized carbons (Fsp3) is 0.529. The van der Waals surface area contributed by atoms with Crippen LogP contribution < -0.4 is 4.90 Å². The number of nitrogens with zero attached hydrogens (tertiary/aromatic N) is 2. The van der Waals surface area contributed by atoms with E-state index in [1.165, 1.54) is 0 Å². The normalized spacial score (nSPS) is 21.3. The lowest BCUT2D eigenvalue weighted by molar-refractivity contribution is 0.0526. The molecule has 0 aromatic carbocycles. The highest BCUT2D eigenvalue weighted by Gasteiger charge is 2.28. The first kappa shape index (κ1) is 15.8. The van der Waals surface area contributed by atoms with Gasteiger partial charge in [-0.2, -0.15) is 0 Å². The molecule has 2 heterocycles. The van der Waals surface area contributed by atoms with E-state index >= 15 is 0 Å². The average Bonchev–Trinajstić information content (AvgIpc) is 3.02. The molecule has 0 spiro atoms. The number of H-pyrrole nitrogens is 1. The number of aliphatic hydroxyl groups excluding tert-OH is 1. The smallest absolute Gasteiger partial charge is 0.341 e. The van der Waals surface area contributed by atoms with Crippen LogP contribution in [0.15, 0.2) is 18.5 Å². The monoisotopic (exact) mass is 317 g/mol. The molecule has 0 unspecified atom stereocenters. The van der Waals surface area contributed by atoms with Crippen LogP contribution in [0.5, 0.6) is 0 Å². The molecule has 1 aliphatic rings. The molecule has 0 aliphatic heterocycles. The Morgan fingerprint density at radius 2 is 2.35 bits per heavy atom. The van der Waals surface area contributed by atoms with Gasteiger partial charge in [-0.3, -0.25) is 0 Å². The maximum Gasteiger partial charge on any atom is 0.341 e. The second kappa shape index (κ2) is 6.58. The van der Waals surface area contributed by atoms with E-state index < -0.39 is 0 Å². The molecule has 23 heavy (non-hydrogen) atoms. The summed E-state index contributed by atoms with van der Waals surface area (Å²) < 4.78 is 5.19. The number of pyridine rings is 1. The van der Waals surface area contributed by atoms with Crippen LogP contribution in [0.25, 0.3) is 11.0 Å². The van der Waals surface area contributed by atoms with Gasteiger partial charge in [0.15, 0.2) is 0 Å². The highest BCUT2D eigenvalue weighted by molar-refractivity contribution is 6.04. The second-order valence-corrected chi connectivity index (χ2v) is 6.07. The number of hydrogen-bond acceptors (Lipinski definition) is 5. The first-order chi connectivity index (χ1) is 11.1. The molecule has 1 saturated carbocycles. The van der Waals surface area contributed by atoms with Gasteiger partial charge >= 0.3 is 5.97 Å². The highest BCUT2D eigenvalue weighted by atomic mass is 16.5. The van der Waals surface area contributed by atoms with Crippen LogP contribution in [0.4, 0.5) is 5.69 Å². The van der Waals surface area contributed by atoms with Crippen LogP contribution in [0.3, 0.4) is 0 Å². The number of carbonyl (C=O) groups excluding carboxylic acids is 1. The average molecular weight is 317 g/mol. The van der Waals surface area contributed by atoms with E-state index in [0.29, 0.717) is 18.6 Å². The number of nitrogens with one attached hydrogen (secondary N) is 1. The third kappa shape index (κ3) is 3.03. The number of aliphatic hydroxyl groups is 1. The molecule has 0 saturated heterocycles. The molecule has 0 bridgehead atoms. The zero-order valence-electron chi connectivity index (χ0n) is 13.6. The number of aromatic nitrogens is 2. The number of fused-ring (bicyclic) bond motifs is 1. The van der Waals surface area contributed by atoms with Crippen LogP contribution in [0.2, 0.25) is 0 Å². The Labute approximate surface area is 135 Å². The van der Waals surface area contributed by atoms with E-state index in [-0.39, 0.29) is 18.1 Å². The van der Waals surface area contributed by atoms with Crippen molar-refractivity contribution < 1.29 is 14.6 Å². The Morgan fingerprint density at radius 3 is 3.09 bits per heavy atom. The van der Waals surface area contributed by atoms with Crippen molar-refractivity contribution in [2.24, 2.45) is 0 Å². The van der Waals surface area contributed by atoms with Crippen molar-refractivity contribution in [3.63, 3.8) is 0 Å². The summed E-state index contributed by atoms with van der Waals surface area (Å²) in [6.07, 6.45) is 6.68. The molecule has 124 valence electrons. The molecule has 0 radical (unpaired) electrons. The lowest BCUT2D eigenvalue weighted by Gasteiger charge is -2.36. The van der Waals surface area contributed by atoms with Crippen LogP contribution in [0.1, 0.15) is 43.0 Å². The molecular weight excluding hydrogens is 294 g/mol. The van der Waals surface area contributed by atoms with E-state index in [0.717, 1.165) is 36.0 Å². The minimum Gasteiger partial charge on any atom is -0.462 e. The lowest BCUT2D eigenvalue weighted by atomic mass is 9.91. The fourth-order valence-corrected chi connectivity index (χ4v) is 3.41. The Morgan fingerprint density at radius 1 is 1.52 bits per heavy atom. The van der Waals surface area contributed by atoms with Crippen LogP contribution in [-0.4, -0.2) is 46.8 Å². The summed E-state index contributed by atoms with van der Waals surface area (Å²) in [6.45, 7) is 2.12. The molecule has 0 amide bonds. The summed E-state index contributed by atoms with van der Waals surface area (Å²) in [5.41, 5.74) is 2.05. The van der Waals surface area contributed by atoms with Crippen molar-refractivity contribution >= 4 is 22.7 Å². The van der Waals surface area contributed by atoms with Crippen LogP contribution in [-0.2, 0) is 4.74 Å². The molecular formula is C17H23N3O3. The van der Waals surface area contributed by atoms with Gasteiger partial charge < -0.3 is 19.7 Å². The van der Waals surface area contributed by atoms with Crippen LogP contribution >= 0.6 is 0 Å². The molecule has 1 aliphatic carbocycles. The molecule has 1 fully saturated rings. The van der Waals surface area contributed by atoms with Gasteiger partial charge in [0, 0.05) is 30.9 Å². The Bertz CT molecular complexity index is 697. The summed E-state index contributed by atoms with van der Waals surface area (Å²) in [5, 5.41) is 10.9. The summed E-state index contributed by atoms with van der Waals surface area (Å²) in [6, 6.07) is 2.13. The number of ether oxygens (including phenoxy) is 1. The van der Waals surface area contributed by atoms with Crippen molar-refractivity contribution in [2.75, 3.05) is 18.6 Å². The zero-order valence-corrected chi connectivity index (χ0v) is 13.6. The molecule has 3 rings (SSSR count). The van der Waals surface area contributed by atoms with Crippen LogP contribution in [0, 0.1) is 0 Å². The lowest BCUT2D eigenvalue weighted by Crippen LogP contribution is -2.38. The van der Waals surface area contributed by atoms with Gasteiger partial charge in [0.25, 0.3) is 0 Å². The van der Waals surface area contributed by atoms with Crippen molar-refractivity contribution in [1.82, 2.24) is 9.97 Å². The van der Waals surface area contributed by atoms with Gasteiger partial charge in [-0.15, -0.1) is 0 Å². The van der Waals surface area contributed by atoms with E-state index in [9.17, 15) is 9.90 Å². The standard InChI is InChI=1S/C17H23N3O3/c1-3-23-17(22)14-10-19-16-13(7-8-18-16)15(14)20(2)11-5-4-6-12(21)9-11/h7-8,10-12,21H,3-6,9H2,1-2H3,(H,18,19)/t11-,12+/m0/s1. The SMILES string of the molecule is CCOC(=O)c1cnc2[nH]ccc2c1N(C)[C@H]1CCC[C@@H](O)C1. The first-order valence-corrected chi connectivity index (χ1v) is 8.16. The maximum absolute atomic E-state index is 12.3. The van der Waals surface area contributed by atoms with Crippen molar-refractivity contribution in [1.29, 1.82) is 0 Å². The first-order valence-electron chi connectivity index (χ1n) is 8.16. The predicted molar refractivity (Wildman–Crippen MR) is 88.7 cm³/mol. The quantitative estimate of drug-likeness (QED) is 0.847. The summed E-state index contributed by atoms with van der Waals surface area (Å²) in [4.78, 5) is 21.8. The molecule has 2 N–H and O–H groups in total. The predicted octanol–water partition coefficient (Wildman–Crippen LogP) is 2.48. The van der Waals surface area contributed by atoms with Gasteiger partial charge in [0.2, 0.25) is 0 Å². The number of aromatic amines is 1. The number of carbonyl (C=O) groups is 1.